The monoisotopic (exact) mass is 340 g/mol. The Labute approximate surface area is 123 Å². The number of halogens is 4. The lowest BCUT2D eigenvalue weighted by Crippen LogP contribution is -2.34. The molecule has 110 valence electrons. The van der Waals surface area contributed by atoms with Crippen molar-refractivity contribution >= 4 is 41.5 Å². The van der Waals surface area contributed by atoms with Crippen molar-refractivity contribution in [3.8, 4) is 0 Å². The summed E-state index contributed by atoms with van der Waals surface area (Å²) < 4.78 is 45.3. The van der Waals surface area contributed by atoms with Crippen molar-refractivity contribution in [1.82, 2.24) is 9.97 Å². The molecule has 20 heavy (non-hydrogen) atoms. The van der Waals surface area contributed by atoms with Gasteiger partial charge in [0, 0.05) is 4.88 Å². The molecule has 0 fully saturated rings. The van der Waals surface area contributed by atoms with Gasteiger partial charge in [0.25, 0.3) is 0 Å². The molecule has 2 aromatic rings. The predicted octanol–water partition coefficient (Wildman–Crippen LogP) is 4.80. The van der Waals surface area contributed by atoms with Crippen molar-refractivity contribution in [2.75, 3.05) is 0 Å². The fraction of sp³-hybridized carbons (Fsp3) is 0.455. The molecule has 1 unspecified atom stereocenters. The topological polar surface area (TPSA) is 35.0 Å². The van der Waals surface area contributed by atoms with Crippen LogP contribution in [-0.2, 0) is 4.43 Å². The SMILES string of the molecule is C[Si](C)(C)OC(c1cc2ncnc(Cl)c2s1)C(F)(F)F. The van der Waals surface area contributed by atoms with Crippen molar-refractivity contribution < 1.29 is 17.6 Å². The van der Waals surface area contributed by atoms with E-state index in [1.54, 1.807) is 19.6 Å². The molecule has 0 amide bonds. The number of fused-ring (bicyclic) bond motifs is 1. The molecular weight excluding hydrogens is 329 g/mol. The maximum atomic E-state index is 13.2. The van der Waals surface area contributed by atoms with Crippen LogP contribution in [0.15, 0.2) is 12.4 Å². The summed E-state index contributed by atoms with van der Waals surface area (Å²) in [5, 5.41) is 0.153. The fourth-order valence-corrected chi connectivity index (χ4v) is 3.97. The molecule has 0 spiro atoms. The number of hydrogen-bond donors (Lipinski definition) is 0. The third kappa shape index (κ3) is 3.49. The van der Waals surface area contributed by atoms with Crippen LogP contribution in [0.1, 0.15) is 11.0 Å². The van der Waals surface area contributed by atoms with Crippen LogP contribution in [0, 0.1) is 0 Å². The van der Waals surface area contributed by atoms with E-state index in [1.807, 2.05) is 0 Å². The molecule has 2 aromatic heterocycles. The molecule has 2 heterocycles. The zero-order chi connectivity index (χ0) is 15.1. The van der Waals surface area contributed by atoms with Crippen LogP contribution in [-0.4, -0.2) is 24.5 Å². The summed E-state index contributed by atoms with van der Waals surface area (Å²) in [7, 11) is -2.36. The zero-order valence-corrected chi connectivity index (χ0v) is 13.5. The molecule has 0 saturated carbocycles. The molecule has 0 N–H and O–H groups in total. The predicted molar refractivity (Wildman–Crippen MR) is 75.7 cm³/mol. The van der Waals surface area contributed by atoms with Gasteiger partial charge in [-0.1, -0.05) is 11.6 Å². The Morgan fingerprint density at radius 1 is 1.30 bits per heavy atom. The molecule has 1 atom stereocenters. The van der Waals surface area contributed by atoms with Crippen LogP contribution in [0.4, 0.5) is 13.2 Å². The zero-order valence-electron chi connectivity index (χ0n) is 11.0. The number of rotatable bonds is 3. The van der Waals surface area contributed by atoms with E-state index in [2.05, 4.69) is 9.97 Å². The van der Waals surface area contributed by atoms with Crippen LogP contribution in [0.5, 0.6) is 0 Å². The highest BCUT2D eigenvalue weighted by Gasteiger charge is 2.45. The summed E-state index contributed by atoms with van der Waals surface area (Å²) in [6.07, 6.45) is -5.19. The van der Waals surface area contributed by atoms with Gasteiger partial charge in [0.15, 0.2) is 14.4 Å². The Morgan fingerprint density at radius 3 is 2.45 bits per heavy atom. The number of hydrogen-bond acceptors (Lipinski definition) is 4. The molecule has 0 bridgehead atoms. The van der Waals surface area contributed by atoms with E-state index in [0.717, 1.165) is 11.3 Å². The normalized spacial score (nSPS) is 14.8. The summed E-state index contributed by atoms with van der Waals surface area (Å²) in [4.78, 5) is 7.75. The van der Waals surface area contributed by atoms with Gasteiger partial charge < -0.3 is 4.43 Å². The van der Waals surface area contributed by atoms with Crippen molar-refractivity contribution in [1.29, 1.82) is 0 Å². The first kappa shape index (κ1) is 15.7. The van der Waals surface area contributed by atoms with Crippen molar-refractivity contribution in [2.24, 2.45) is 0 Å². The molecule has 0 aromatic carbocycles. The average molecular weight is 341 g/mol. The largest absolute Gasteiger partial charge is 0.418 e. The lowest BCUT2D eigenvalue weighted by Gasteiger charge is -2.27. The van der Waals surface area contributed by atoms with Gasteiger partial charge in [-0.3, -0.25) is 0 Å². The second-order valence-corrected chi connectivity index (χ2v) is 11.1. The van der Waals surface area contributed by atoms with Gasteiger partial charge in [-0.2, -0.15) is 13.2 Å². The highest BCUT2D eigenvalue weighted by atomic mass is 35.5. The number of thiophene rings is 1. The standard InChI is InChI=1S/C11H12ClF3N2OSSi/c1-20(2,3)18-9(11(13,14)15)7-4-6-8(19-7)10(12)17-5-16-6/h4-5,9H,1-3H3. The van der Waals surface area contributed by atoms with E-state index in [0.29, 0.717) is 10.2 Å². The highest BCUT2D eigenvalue weighted by Crippen LogP contribution is 2.43. The Kier molecular flexibility index (Phi) is 4.11. The minimum atomic E-state index is -4.47. The molecule has 9 heteroatoms. The van der Waals surface area contributed by atoms with Crippen molar-refractivity contribution in [3.63, 3.8) is 0 Å². The van der Waals surface area contributed by atoms with Gasteiger partial charge in [-0.05, 0) is 25.7 Å². The van der Waals surface area contributed by atoms with Gasteiger partial charge in [-0.15, -0.1) is 11.3 Å². The smallest absolute Gasteiger partial charge is 0.402 e. The minimum Gasteiger partial charge on any atom is -0.402 e. The van der Waals surface area contributed by atoms with E-state index in [9.17, 15) is 13.2 Å². The minimum absolute atomic E-state index is 0.0531. The molecule has 0 aliphatic carbocycles. The summed E-state index contributed by atoms with van der Waals surface area (Å²) in [5.74, 6) is 0. The van der Waals surface area contributed by atoms with E-state index < -0.39 is 20.6 Å². The van der Waals surface area contributed by atoms with Crippen molar-refractivity contribution in [3.05, 3.63) is 22.4 Å². The molecule has 0 saturated heterocycles. The van der Waals surface area contributed by atoms with Gasteiger partial charge in [0.1, 0.15) is 11.5 Å². The van der Waals surface area contributed by atoms with Crippen LogP contribution >= 0.6 is 22.9 Å². The Bertz CT molecular complexity index is 626. The Morgan fingerprint density at radius 2 is 1.95 bits per heavy atom. The maximum Gasteiger partial charge on any atom is 0.418 e. The van der Waals surface area contributed by atoms with Crippen LogP contribution < -0.4 is 0 Å². The first-order valence-electron chi connectivity index (χ1n) is 5.72. The highest BCUT2D eigenvalue weighted by molar-refractivity contribution is 7.19. The summed E-state index contributed by atoms with van der Waals surface area (Å²) in [6.45, 7) is 5.14. The second kappa shape index (κ2) is 5.25. The lowest BCUT2D eigenvalue weighted by molar-refractivity contribution is -0.199. The van der Waals surface area contributed by atoms with Gasteiger partial charge in [0.05, 0.1) is 10.2 Å². The first-order valence-corrected chi connectivity index (χ1v) is 10.3. The molecular formula is C11H12ClF3N2OSSi. The molecule has 0 radical (unpaired) electrons. The summed E-state index contributed by atoms with van der Waals surface area (Å²) in [5.41, 5.74) is 0.401. The average Bonchev–Trinajstić information content (AvgIpc) is 2.68. The number of nitrogens with zero attached hydrogens (tertiary/aromatic N) is 2. The van der Waals surface area contributed by atoms with E-state index in [-0.39, 0.29) is 10.0 Å². The van der Waals surface area contributed by atoms with Gasteiger partial charge in [0.2, 0.25) is 0 Å². The number of aromatic nitrogens is 2. The Hall–Kier alpha value is -0.703. The van der Waals surface area contributed by atoms with Crippen LogP contribution in [0.3, 0.4) is 0 Å². The lowest BCUT2D eigenvalue weighted by atomic mass is 10.3. The summed E-state index contributed by atoms with van der Waals surface area (Å²) >= 11 is 6.79. The van der Waals surface area contributed by atoms with E-state index in [1.165, 1.54) is 12.4 Å². The van der Waals surface area contributed by atoms with Gasteiger partial charge in [-0.25, -0.2) is 9.97 Å². The van der Waals surface area contributed by atoms with Crippen molar-refractivity contribution in [2.45, 2.75) is 31.9 Å². The fourth-order valence-electron chi connectivity index (χ4n) is 1.61. The second-order valence-electron chi connectivity index (χ2n) is 5.18. The van der Waals surface area contributed by atoms with E-state index in [4.69, 9.17) is 16.0 Å². The molecule has 0 aliphatic heterocycles. The maximum absolute atomic E-state index is 13.2. The van der Waals surface area contributed by atoms with E-state index >= 15 is 0 Å². The molecule has 0 aliphatic rings. The third-order valence-corrected chi connectivity index (χ3v) is 4.83. The quantitative estimate of drug-likeness (QED) is 0.594. The number of alkyl halides is 3. The third-order valence-electron chi connectivity index (χ3n) is 2.31. The molecule has 2 rings (SSSR count). The van der Waals surface area contributed by atoms with Gasteiger partial charge >= 0.3 is 6.18 Å². The first-order chi connectivity index (χ1) is 9.08. The van der Waals surface area contributed by atoms with Crippen LogP contribution in [0.2, 0.25) is 24.8 Å². The van der Waals surface area contributed by atoms with Crippen LogP contribution in [0.25, 0.3) is 10.2 Å². The Balaban J connectivity index is 2.49. The summed E-state index contributed by atoms with van der Waals surface area (Å²) in [6, 6.07) is 1.37. The molecule has 3 nitrogen and oxygen atoms in total.